The zero-order valence-electron chi connectivity index (χ0n) is 18.3. The SMILES string of the molecule is CC1CC2C3CC(C)SC3C([Si](C)(C)OC3CC4CCCC(Br)C4C3C)C2S1. The summed E-state index contributed by atoms with van der Waals surface area (Å²) in [6.07, 6.45) is 9.04. The molecule has 160 valence electrons. The van der Waals surface area contributed by atoms with Crippen molar-refractivity contribution in [2.75, 3.05) is 0 Å². The summed E-state index contributed by atoms with van der Waals surface area (Å²) in [5, 5.41) is 3.53. The topological polar surface area (TPSA) is 9.23 Å². The Morgan fingerprint density at radius 1 is 0.893 bits per heavy atom. The average Bonchev–Trinajstić information content (AvgIpc) is 3.29. The third-order valence-corrected chi connectivity index (χ3v) is 17.1. The van der Waals surface area contributed by atoms with Gasteiger partial charge < -0.3 is 4.43 Å². The van der Waals surface area contributed by atoms with E-state index in [0.717, 1.165) is 61.0 Å². The van der Waals surface area contributed by atoms with Crippen LogP contribution in [0.4, 0.5) is 0 Å². The van der Waals surface area contributed by atoms with Crippen LogP contribution in [0, 0.1) is 29.6 Å². The fourth-order valence-corrected chi connectivity index (χ4v) is 18.6. The second-order valence-electron chi connectivity index (χ2n) is 11.3. The van der Waals surface area contributed by atoms with Crippen LogP contribution in [-0.4, -0.2) is 40.2 Å². The molecule has 0 radical (unpaired) electrons. The van der Waals surface area contributed by atoms with Crippen LogP contribution in [0.25, 0.3) is 0 Å². The number of hydrogen-bond acceptors (Lipinski definition) is 3. The first kappa shape index (κ1) is 21.2. The van der Waals surface area contributed by atoms with Gasteiger partial charge in [0.1, 0.15) is 0 Å². The highest BCUT2D eigenvalue weighted by atomic mass is 79.9. The van der Waals surface area contributed by atoms with Crippen molar-refractivity contribution in [3.8, 4) is 0 Å². The fourth-order valence-electron chi connectivity index (χ4n) is 8.08. The largest absolute Gasteiger partial charge is 0.414 e. The predicted octanol–water partition coefficient (Wildman–Crippen LogP) is 7.20. The van der Waals surface area contributed by atoms with Crippen molar-refractivity contribution < 1.29 is 4.43 Å². The number of thioether (sulfide) groups is 2. The summed E-state index contributed by atoms with van der Waals surface area (Å²) in [7, 11) is -1.75. The highest BCUT2D eigenvalue weighted by Crippen LogP contribution is 2.66. The lowest BCUT2D eigenvalue weighted by atomic mass is 9.78. The molecule has 0 amide bonds. The molecule has 5 heteroatoms. The highest BCUT2D eigenvalue weighted by molar-refractivity contribution is 9.09. The van der Waals surface area contributed by atoms with Crippen LogP contribution in [0.1, 0.15) is 59.3 Å². The molecule has 11 atom stereocenters. The van der Waals surface area contributed by atoms with E-state index in [0.29, 0.717) is 6.10 Å². The minimum absolute atomic E-state index is 0.528. The summed E-state index contributed by atoms with van der Waals surface area (Å²) < 4.78 is 7.31. The molecule has 11 unspecified atom stereocenters. The van der Waals surface area contributed by atoms with Gasteiger partial charge >= 0.3 is 0 Å². The Hall–Kier alpha value is 1.36. The number of fused-ring (bicyclic) bond motifs is 4. The molecule has 0 spiro atoms. The normalized spacial score (nSPS) is 55.9. The molecule has 3 saturated carbocycles. The van der Waals surface area contributed by atoms with Gasteiger partial charge in [-0.15, -0.1) is 0 Å². The predicted molar refractivity (Wildman–Crippen MR) is 131 cm³/mol. The van der Waals surface area contributed by atoms with E-state index in [1.807, 2.05) is 0 Å². The van der Waals surface area contributed by atoms with Gasteiger partial charge in [-0.25, -0.2) is 0 Å². The van der Waals surface area contributed by atoms with E-state index in [4.69, 9.17) is 4.43 Å². The molecule has 2 aliphatic heterocycles. The van der Waals surface area contributed by atoms with Crippen molar-refractivity contribution in [2.45, 2.75) is 110 Å². The molecule has 0 aromatic heterocycles. The highest BCUT2D eigenvalue weighted by Gasteiger charge is 2.62. The van der Waals surface area contributed by atoms with Crippen LogP contribution >= 0.6 is 39.5 Å². The quantitative estimate of drug-likeness (QED) is 0.298. The monoisotopic (exact) mass is 502 g/mol. The van der Waals surface area contributed by atoms with Gasteiger partial charge in [-0.3, -0.25) is 0 Å². The van der Waals surface area contributed by atoms with Crippen LogP contribution in [0.2, 0.25) is 18.6 Å². The van der Waals surface area contributed by atoms with Crippen molar-refractivity contribution >= 4 is 47.8 Å². The average molecular weight is 504 g/mol. The van der Waals surface area contributed by atoms with Crippen LogP contribution in [0.5, 0.6) is 0 Å². The molecule has 0 aromatic carbocycles. The maximum absolute atomic E-state index is 7.31. The van der Waals surface area contributed by atoms with Crippen molar-refractivity contribution in [1.29, 1.82) is 0 Å². The van der Waals surface area contributed by atoms with Gasteiger partial charge in [0.15, 0.2) is 8.32 Å². The van der Waals surface area contributed by atoms with E-state index in [2.05, 4.69) is 73.3 Å². The summed E-state index contributed by atoms with van der Waals surface area (Å²) in [4.78, 5) is 0.734. The van der Waals surface area contributed by atoms with Gasteiger partial charge in [-0.1, -0.05) is 43.1 Å². The third-order valence-electron chi connectivity index (χ3n) is 9.09. The molecular weight excluding hydrogens is 464 g/mol. The fraction of sp³-hybridized carbons (Fsp3) is 1.00. The Morgan fingerprint density at radius 3 is 2.07 bits per heavy atom. The summed E-state index contributed by atoms with van der Waals surface area (Å²) in [5.74, 6) is 4.47. The summed E-state index contributed by atoms with van der Waals surface area (Å²) >= 11 is 8.73. The van der Waals surface area contributed by atoms with Gasteiger partial charge in [0.2, 0.25) is 0 Å². The molecule has 3 aliphatic carbocycles. The maximum atomic E-state index is 7.31. The Labute approximate surface area is 190 Å². The Bertz CT molecular complexity index is 579. The summed E-state index contributed by atoms with van der Waals surface area (Å²) in [5.41, 5.74) is 0.863. The molecular formula is C23H39BrOS2Si. The lowest BCUT2D eigenvalue weighted by Gasteiger charge is -2.40. The smallest absolute Gasteiger partial charge is 0.192 e. The first-order valence-electron chi connectivity index (χ1n) is 11.9. The number of rotatable bonds is 3. The van der Waals surface area contributed by atoms with E-state index in [-0.39, 0.29) is 0 Å². The van der Waals surface area contributed by atoms with Crippen LogP contribution in [-0.2, 0) is 4.43 Å². The van der Waals surface area contributed by atoms with Crippen molar-refractivity contribution in [3.63, 3.8) is 0 Å². The van der Waals surface area contributed by atoms with Gasteiger partial charge in [-0.05, 0) is 74.8 Å². The first-order chi connectivity index (χ1) is 13.3. The summed E-state index contributed by atoms with van der Waals surface area (Å²) in [6, 6.07) is 0. The van der Waals surface area contributed by atoms with E-state index in [9.17, 15) is 0 Å². The van der Waals surface area contributed by atoms with E-state index in [1.165, 1.54) is 38.5 Å². The first-order valence-corrected chi connectivity index (χ1v) is 17.7. The van der Waals surface area contributed by atoms with Crippen molar-refractivity contribution in [2.24, 2.45) is 29.6 Å². The molecule has 28 heavy (non-hydrogen) atoms. The van der Waals surface area contributed by atoms with Gasteiger partial charge in [0, 0.05) is 37.5 Å². The molecule has 0 aromatic rings. The van der Waals surface area contributed by atoms with E-state index in [1.54, 1.807) is 0 Å². The zero-order valence-corrected chi connectivity index (χ0v) is 22.5. The Morgan fingerprint density at radius 2 is 1.50 bits per heavy atom. The molecule has 0 bridgehead atoms. The van der Waals surface area contributed by atoms with Crippen LogP contribution < -0.4 is 0 Å². The lowest BCUT2D eigenvalue weighted by molar-refractivity contribution is 0.138. The molecule has 0 N–H and O–H groups in total. The Balaban J connectivity index is 1.36. The summed E-state index contributed by atoms with van der Waals surface area (Å²) in [6.45, 7) is 12.7. The van der Waals surface area contributed by atoms with Crippen molar-refractivity contribution in [3.05, 3.63) is 0 Å². The lowest BCUT2D eigenvalue weighted by Crippen LogP contribution is -2.46. The number of halogens is 1. The molecule has 2 saturated heterocycles. The third kappa shape index (κ3) is 3.44. The molecule has 5 rings (SSSR count). The zero-order chi connectivity index (χ0) is 19.8. The van der Waals surface area contributed by atoms with E-state index >= 15 is 0 Å². The van der Waals surface area contributed by atoms with Crippen LogP contribution in [0.15, 0.2) is 0 Å². The maximum Gasteiger partial charge on any atom is 0.192 e. The van der Waals surface area contributed by atoms with Crippen molar-refractivity contribution in [1.82, 2.24) is 0 Å². The molecule has 5 aliphatic rings. The van der Waals surface area contributed by atoms with Crippen LogP contribution in [0.3, 0.4) is 0 Å². The van der Waals surface area contributed by atoms with Gasteiger partial charge in [0.25, 0.3) is 0 Å². The number of alkyl halides is 1. The molecule has 5 fully saturated rings. The van der Waals surface area contributed by atoms with Gasteiger partial charge in [-0.2, -0.15) is 23.5 Å². The Kier molecular flexibility index (Phi) is 5.87. The standard InChI is InChI=1S/C23H39BrOS2Si/c1-12-9-16-17-10-13(2)27-22(17)23(21(16)26-12)28(4,5)25-19-11-15-7-6-8-18(24)20(15)14(19)3/h12-23H,6-11H2,1-5H3. The van der Waals surface area contributed by atoms with E-state index < -0.39 is 8.32 Å². The second kappa shape index (κ2) is 7.74. The molecule has 1 nitrogen and oxygen atoms in total. The van der Waals surface area contributed by atoms with Gasteiger partial charge in [0.05, 0.1) is 0 Å². The minimum atomic E-state index is -1.75. The molecule has 2 heterocycles. The minimum Gasteiger partial charge on any atom is -0.414 e. The second-order valence-corrected chi connectivity index (χ2v) is 19.8. The number of hydrogen-bond donors (Lipinski definition) is 0.